The van der Waals surface area contributed by atoms with Crippen LogP contribution < -0.4 is 15.5 Å². The Balaban J connectivity index is 1.32. The first-order valence-corrected chi connectivity index (χ1v) is 15.0. The lowest BCUT2D eigenvalue weighted by Gasteiger charge is -2.34. The van der Waals surface area contributed by atoms with Crippen molar-refractivity contribution in [2.24, 2.45) is 5.92 Å². The summed E-state index contributed by atoms with van der Waals surface area (Å²) in [5.41, 5.74) is 3.18. The van der Waals surface area contributed by atoms with Crippen LogP contribution in [0.5, 0.6) is 0 Å². The van der Waals surface area contributed by atoms with E-state index in [4.69, 9.17) is 15.0 Å². The second-order valence-electron chi connectivity index (χ2n) is 10.9. The van der Waals surface area contributed by atoms with Gasteiger partial charge in [0.25, 0.3) is 5.69 Å². The number of benzene rings is 2. The minimum atomic E-state index is -0.464. The van der Waals surface area contributed by atoms with Gasteiger partial charge in [0.15, 0.2) is 17.0 Å². The molecule has 226 valence electrons. The topological polar surface area (TPSA) is 134 Å². The van der Waals surface area contributed by atoms with Crippen LogP contribution >= 0.6 is 0 Å². The highest BCUT2D eigenvalue weighted by Crippen LogP contribution is 2.25. The zero-order valence-electron chi connectivity index (χ0n) is 24.8. The van der Waals surface area contributed by atoms with Crippen molar-refractivity contribution in [1.29, 1.82) is 0 Å². The van der Waals surface area contributed by atoms with Crippen molar-refractivity contribution in [3.8, 4) is 0 Å². The number of nitrogens with zero attached hydrogens (tertiary/aromatic N) is 7. The first-order valence-electron chi connectivity index (χ1n) is 15.0. The van der Waals surface area contributed by atoms with Crippen LogP contribution in [-0.4, -0.2) is 68.1 Å². The molecule has 0 saturated carbocycles. The first-order chi connectivity index (χ1) is 20.9. The van der Waals surface area contributed by atoms with Crippen molar-refractivity contribution in [1.82, 2.24) is 24.4 Å². The molecule has 12 nitrogen and oxygen atoms in total. The number of amides is 2. The number of nitro groups is 1. The molecule has 2 amide bonds. The van der Waals surface area contributed by atoms with E-state index in [0.29, 0.717) is 50.3 Å². The fourth-order valence-electron chi connectivity index (χ4n) is 5.26. The Kier molecular flexibility index (Phi) is 9.65. The van der Waals surface area contributed by atoms with E-state index in [0.717, 1.165) is 35.5 Å². The summed E-state index contributed by atoms with van der Waals surface area (Å²) >= 11 is 0. The normalized spacial score (nSPS) is 14.1. The molecule has 0 spiro atoms. The number of piperazine rings is 1. The summed E-state index contributed by atoms with van der Waals surface area (Å²) in [6, 6.07) is 15.8. The molecule has 1 saturated heterocycles. The van der Waals surface area contributed by atoms with Gasteiger partial charge in [-0.2, -0.15) is 9.97 Å². The molecule has 1 aliphatic rings. The smallest absolute Gasteiger partial charge is 0.321 e. The summed E-state index contributed by atoms with van der Waals surface area (Å²) in [6.45, 7) is 8.04. The fraction of sp³-hybridized carbons (Fsp3) is 0.419. The third kappa shape index (κ3) is 7.37. The number of nitrogens with one attached hydrogen (secondary N) is 2. The SMILES string of the molecule is CCCCC(CC)CNc1nc(N2CCN(C(=O)Nc3ccc([N+](=O)[O-])cc3)CC2)nc2c1ncn2Cc1ccccc1. The van der Waals surface area contributed by atoms with Crippen molar-refractivity contribution < 1.29 is 9.72 Å². The summed E-state index contributed by atoms with van der Waals surface area (Å²) in [6.07, 6.45) is 6.49. The Morgan fingerprint density at radius 1 is 1.02 bits per heavy atom. The molecule has 1 atom stereocenters. The molecule has 1 fully saturated rings. The van der Waals surface area contributed by atoms with Gasteiger partial charge >= 0.3 is 6.03 Å². The molecule has 0 bridgehead atoms. The average Bonchev–Trinajstić information content (AvgIpc) is 3.44. The number of anilines is 3. The van der Waals surface area contributed by atoms with Gasteiger partial charge in [-0.1, -0.05) is 63.4 Å². The Morgan fingerprint density at radius 2 is 1.77 bits per heavy atom. The Hall–Kier alpha value is -4.74. The van der Waals surface area contributed by atoms with Crippen molar-refractivity contribution in [2.45, 2.75) is 46.1 Å². The van der Waals surface area contributed by atoms with Crippen LogP contribution in [0.15, 0.2) is 60.9 Å². The van der Waals surface area contributed by atoms with Crippen LogP contribution in [-0.2, 0) is 6.54 Å². The minimum Gasteiger partial charge on any atom is -0.368 e. The number of rotatable bonds is 12. The van der Waals surface area contributed by atoms with Crippen molar-refractivity contribution >= 4 is 40.3 Å². The molecule has 1 unspecified atom stereocenters. The van der Waals surface area contributed by atoms with E-state index in [-0.39, 0.29) is 11.7 Å². The van der Waals surface area contributed by atoms with Crippen LogP contribution in [0.3, 0.4) is 0 Å². The van der Waals surface area contributed by atoms with Crippen molar-refractivity contribution in [3.63, 3.8) is 0 Å². The number of urea groups is 1. The fourth-order valence-corrected chi connectivity index (χ4v) is 5.26. The zero-order valence-corrected chi connectivity index (χ0v) is 24.8. The maximum Gasteiger partial charge on any atom is 0.321 e. The van der Waals surface area contributed by atoms with Crippen LogP contribution in [0.2, 0.25) is 0 Å². The number of fused-ring (bicyclic) bond motifs is 1. The van der Waals surface area contributed by atoms with Gasteiger partial charge in [-0.05, 0) is 30.0 Å². The summed E-state index contributed by atoms with van der Waals surface area (Å²) in [5.74, 6) is 1.90. The van der Waals surface area contributed by atoms with E-state index in [1.165, 1.54) is 43.5 Å². The van der Waals surface area contributed by atoms with E-state index >= 15 is 0 Å². The van der Waals surface area contributed by atoms with Crippen LogP contribution in [0.4, 0.5) is 27.9 Å². The molecule has 0 aliphatic carbocycles. The van der Waals surface area contributed by atoms with Gasteiger partial charge in [0, 0.05) is 50.5 Å². The number of hydrogen-bond acceptors (Lipinski definition) is 8. The summed E-state index contributed by atoms with van der Waals surface area (Å²) in [7, 11) is 0. The summed E-state index contributed by atoms with van der Waals surface area (Å²) in [4.78, 5) is 41.8. The molecule has 5 rings (SSSR count). The maximum atomic E-state index is 12.9. The van der Waals surface area contributed by atoms with Crippen molar-refractivity contribution in [3.05, 3.63) is 76.6 Å². The number of carbonyl (C=O) groups excluding carboxylic acids is 1. The largest absolute Gasteiger partial charge is 0.368 e. The predicted molar refractivity (Wildman–Crippen MR) is 169 cm³/mol. The van der Waals surface area contributed by atoms with Crippen molar-refractivity contribution in [2.75, 3.05) is 48.3 Å². The van der Waals surface area contributed by atoms with Crippen LogP contribution in [0.1, 0.15) is 45.1 Å². The quantitative estimate of drug-likeness (QED) is 0.158. The van der Waals surface area contributed by atoms with E-state index in [9.17, 15) is 14.9 Å². The molecular formula is C31H39N9O3. The maximum absolute atomic E-state index is 12.9. The van der Waals surface area contributed by atoms with E-state index in [1.54, 1.807) is 4.90 Å². The second kappa shape index (κ2) is 14.0. The summed E-state index contributed by atoms with van der Waals surface area (Å²) in [5, 5.41) is 17.3. The Labute approximate surface area is 251 Å². The monoisotopic (exact) mass is 585 g/mol. The number of carbonyl (C=O) groups is 1. The van der Waals surface area contributed by atoms with E-state index in [1.807, 2.05) is 24.5 Å². The third-order valence-electron chi connectivity index (χ3n) is 7.93. The number of aromatic nitrogens is 4. The first kappa shape index (κ1) is 29.7. The lowest BCUT2D eigenvalue weighted by Crippen LogP contribution is -2.50. The molecule has 0 radical (unpaired) electrons. The molecule has 43 heavy (non-hydrogen) atoms. The summed E-state index contributed by atoms with van der Waals surface area (Å²) < 4.78 is 2.06. The molecule has 3 heterocycles. The highest BCUT2D eigenvalue weighted by atomic mass is 16.6. The minimum absolute atomic E-state index is 0.0197. The van der Waals surface area contributed by atoms with Gasteiger partial charge in [-0.15, -0.1) is 0 Å². The molecule has 1 aliphatic heterocycles. The predicted octanol–water partition coefficient (Wildman–Crippen LogP) is 5.77. The number of hydrogen-bond donors (Lipinski definition) is 2. The zero-order chi connectivity index (χ0) is 30.2. The van der Waals surface area contributed by atoms with Gasteiger partial charge in [0.2, 0.25) is 5.95 Å². The van der Waals surface area contributed by atoms with E-state index < -0.39 is 4.92 Å². The second-order valence-corrected chi connectivity index (χ2v) is 10.9. The van der Waals surface area contributed by atoms with Gasteiger partial charge in [0.05, 0.1) is 17.8 Å². The van der Waals surface area contributed by atoms with Crippen LogP contribution in [0.25, 0.3) is 11.2 Å². The average molecular weight is 586 g/mol. The highest BCUT2D eigenvalue weighted by molar-refractivity contribution is 5.89. The number of nitro benzene ring substituents is 1. The number of non-ortho nitro benzene ring substituents is 1. The lowest BCUT2D eigenvalue weighted by atomic mass is 9.99. The Bertz CT molecular complexity index is 1520. The van der Waals surface area contributed by atoms with Gasteiger partial charge < -0.3 is 25.0 Å². The molecular weight excluding hydrogens is 546 g/mol. The molecule has 4 aromatic rings. The molecule has 2 aromatic heterocycles. The molecule has 2 N–H and O–H groups in total. The van der Waals surface area contributed by atoms with Gasteiger partial charge in [0.1, 0.15) is 0 Å². The van der Waals surface area contributed by atoms with Gasteiger partial charge in [-0.3, -0.25) is 10.1 Å². The third-order valence-corrected chi connectivity index (χ3v) is 7.93. The standard InChI is InChI=1S/C31H39N9O3/c1-3-5-9-23(4-2)20-32-28-27-29(39(22-33-27)21-24-10-7-6-8-11-24)36-30(35-28)37-16-18-38(19-17-37)31(41)34-25-12-14-26(15-13-25)40(42)43/h6-8,10-15,22-23H,3-5,9,16-21H2,1-2H3,(H,34,41)(H,32,35,36). The number of imidazole rings is 1. The Morgan fingerprint density at radius 3 is 2.44 bits per heavy atom. The molecule has 12 heteroatoms. The lowest BCUT2D eigenvalue weighted by molar-refractivity contribution is -0.384. The van der Waals surface area contributed by atoms with Crippen LogP contribution in [0, 0.1) is 16.0 Å². The number of unbranched alkanes of at least 4 members (excludes halogenated alkanes) is 1. The molecule has 2 aromatic carbocycles. The van der Waals surface area contributed by atoms with E-state index in [2.05, 4.69) is 46.1 Å². The highest BCUT2D eigenvalue weighted by Gasteiger charge is 2.25. The van der Waals surface area contributed by atoms with Gasteiger partial charge in [-0.25, -0.2) is 9.78 Å².